The number of hydrogen-bond acceptors (Lipinski definition) is 4. The van der Waals surface area contributed by atoms with Gasteiger partial charge in [0, 0.05) is 6.54 Å². The summed E-state index contributed by atoms with van der Waals surface area (Å²) in [6, 6.07) is 5.82. The lowest BCUT2D eigenvalue weighted by Crippen LogP contribution is -2.28. The molecule has 0 bridgehead atoms. The van der Waals surface area contributed by atoms with Gasteiger partial charge < -0.3 is 14.8 Å². The van der Waals surface area contributed by atoms with E-state index in [2.05, 4.69) is 4.98 Å². The number of rotatable bonds is 7. The number of likely N-dealkylation sites (N-methyl/N-ethyl adjacent to an activating group) is 1. The third kappa shape index (κ3) is 3.59. The monoisotopic (exact) mass is 291 g/mol. The van der Waals surface area contributed by atoms with E-state index in [-0.39, 0.29) is 13.2 Å². The van der Waals surface area contributed by atoms with E-state index in [0.29, 0.717) is 18.9 Å². The van der Waals surface area contributed by atoms with Crippen molar-refractivity contribution in [3.63, 3.8) is 0 Å². The number of aryl methyl sites for hydroxylation is 1. The first-order valence-electron chi connectivity index (χ1n) is 7.06. The van der Waals surface area contributed by atoms with Gasteiger partial charge in [-0.1, -0.05) is 13.0 Å². The number of aliphatic carboxylic acids is 1. The van der Waals surface area contributed by atoms with Crippen LogP contribution in [0.5, 0.6) is 0 Å². The van der Waals surface area contributed by atoms with Crippen molar-refractivity contribution in [3.05, 3.63) is 29.6 Å². The summed E-state index contributed by atoms with van der Waals surface area (Å²) in [6.07, 6.45) is 0. The molecular weight excluding hydrogens is 270 g/mol. The molecular formula is C15H21N3O3. The number of aliphatic hydroxyl groups is 1. The van der Waals surface area contributed by atoms with Gasteiger partial charge in [0.2, 0.25) is 0 Å². The maximum atomic E-state index is 11.1. The molecule has 114 valence electrons. The standard InChI is InChI=1S/C15H21N3O3/c1-3-17(6-7-19)9-14-16-12-8-11(2)4-5-13(12)18(14)10-15(20)21/h4-5,8,19H,3,6-7,9-10H2,1-2H3,(H,20,21). The first kappa shape index (κ1) is 15.5. The van der Waals surface area contributed by atoms with Crippen LogP contribution in [0.25, 0.3) is 11.0 Å². The Morgan fingerprint density at radius 3 is 2.81 bits per heavy atom. The van der Waals surface area contributed by atoms with Crippen LogP contribution in [-0.4, -0.2) is 50.3 Å². The Kier molecular flexibility index (Phi) is 4.93. The van der Waals surface area contributed by atoms with Gasteiger partial charge >= 0.3 is 5.97 Å². The molecule has 0 fully saturated rings. The van der Waals surface area contributed by atoms with Crippen LogP contribution in [0.2, 0.25) is 0 Å². The zero-order valence-corrected chi connectivity index (χ0v) is 12.4. The Morgan fingerprint density at radius 1 is 1.43 bits per heavy atom. The van der Waals surface area contributed by atoms with Crippen LogP contribution in [0, 0.1) is 6.92 Å². The summed E-state index contributed by atoms with van der Waals surface area (Å²) in [5.41, 5.74) is 2.74. The topological polar surface area (TPSA) is 78.6 Å². The van der Waals surface area contributed by atoms with Crippen LogP contribution < -0.4 is 0 Å². The maximum absolute atomic E-state index is 11.1. The average molecular weight is 291 g/mol. The van der Waals surface area contributed by atoms with Crippen LogP contribution >= 0.6 is 0 Å². The highest BCUT2D eigenvalue weighted by atomic mass is 16.4. The van der Waals surface area contributed by atoms with Crippen molar-refractivity contribution >= 4 is 17.0 Å². The van der Waals surface area contributed by atoms with Gasteiger partial charge in [0.1, 0.15) is 12.4 Å². The Hall–Kier alpha value is -1.92. The zero-order chi connectivity index (χ0) is 15.4. The van der Waals surface area contributed by atoms with E-state index in [1.54, 1.807) is 4.57 Å². The normalized spacial score (nSPS) is 11.4. The minimum Gasteiger partial charge on any atom is -0.480 e. The maximum Gasteiger partial charge on any atom is 0.323 e. The van der Waals surface area contributed by atoms with E-state index < -0.39 is 5.97 Å². The van der Waals surface area contributed by atoms with Crippen molar-refractivity contribution in [3.8, 4) is 0 Å². The number of carbonyl (C=O) groups is 1. The molecule has 0 aliphatic carbocycles. The lowest BCUT2D eigenvalue weighted by molar-refractivity contribution is -0.137. The number of carboxylic acids is 1. The second kappa shape index (κ2) is 6.69. The highest BCUT2D eigenvalue weighted by Crippen LogP contribution is 2.19. The molecule has 0 amide bonds. The van der Waals surface area contributed by atoms with Gasteiger partial charge in [0.05, 0.1) is 24.2 Å². The van der Waals surface area contributed by atoms with Crippen LogP contribution in [0.15, 0.2) is 18.2 Å². The summed E-state index contributed by atoms with van der Waals surface area (Å²) in [7, 11) is 0. The number of benzene rings is 1. The molecule has 0 saturated carbocycles. The first-order valence-corrected chi connectivity index (χ1v) is 7.06. The van der Waals surface area contributed by atoms with Gasteiger partial charge in [-0.25, -0.2) is 4.98 Å². The summed E-state index contributed by atoms with van der Waals surface area (Å²) in [4.78, 5) is 17.7. The zero-order valence-electron chi connectivity index (χ0n) is 12.4. The van der Waals surface area contributed by atoms with Crippen molar-refractivity contribution in [2.24, 2.45) is 0 Å². The molecule has 0 saturated heterocycles. The second-order valence-corrected chi connectivity index (χ2v) is 5.09. The molecule has 1 aromatic heterocycles. The van der Waals surface area contributed by atoms with E-state index in [1.807, 2.05) is 36.9 Å². The molecule has 2 rings (SSSR count). The molecule has 0 unspecified atom stereocenters. The lowest BCUT2D eigenvalue weighted by atomic mass is 10.2. The average Bonchev–Trinajstić information content (AvgIpc) is 2.74. The Labute approximate surface area is 123 Å². The number of hydrogen-bond donors (Lipinski definition) is 2. The molecule has 0 aliphatic rings. The van der Waals surface area contributed by atoms with Crippen molar-refractivity contribution in [1.29, 1.82) is 0 Å². The van der Waals surface area contributed by atoms with E-state index in [1.165, 1.54) is 0 Å². The SMILES string of the molecule is CCN(CCO)Cc1nc2cc(C)ccc2n1CC(=O)O. The van der Waals surface area contributed by atoms with Crippen molar-refractivity contribution in [2.45, 2.75) is 26.9 Å². The molecule has 21 heavy (non-hydrogen) atoms. The van der Waals surface area contributed by atoms with E-state index in [4.69, 9.17) is 10.2 Å². The molecule has 0 spiro atoms. The van der Waals surface area contributed by atoms with Crippen LogP contribution in [0.3, 0.4) is 0 Å². The molecule has 6 nitrogen and oxygen atoms in total. The molecule has 1 heterocycles. The minimum atomic E-state index is -0.888. The first-order chi connectivity index (χ1) is 10.0. The minimum absolute atomic E-state index is 0.0755. The van der Waals surface area contributed by atoms with Crippen molar-refractivity contribution in [2.75, 3.05) is 19.7 Å². The summed E-state index contributed by atoms with van der Waals surface area (Å²) in [5.74, 6) is -0.172. The third-order valence-electron chi connectivity index (χ3n) is 3.50. The van der Waals surface area contributed by atoms with Gasteiger partial charge in [0.15, 0.2) is 0 Å². The number of carboxylic acid groups (broad SMARTS) is 1. The van der Waals surface area contributed by atoms with Gasteiger partial charge in [-0.2, -0.15) is 0 Å². The van der Waals surface area contributed by atoms with Crippen LogP contribution in [0.4, 0.5) is 0 Å². The van der Waals surface area contributed by atoms with Gasteiger partial charge in [-0.15, -0.1) is 0 Å². The van der Waals surface area contributed by atoms with Gasteiger partial charge in [-0.3, -0.25) is 9.69 Å². The predicted molar refractivity (Wildman–Crippen MR) is 80.1 cm³/mol. The Morgan fingerprint density at radius 2 is 2.19 bits per heavy atom. The predicted octanol–water partition coefficient (Wildman–Crippen LogP) is 1.24. The molecule has 0 aliphatic heterocycles. The fourth-order valence-corrected chi connectivity index (χ4v) is 2.41. The largest absolute Gasteiger partial charge is 0.480 e. The molecule has 2 N–H and O–H groups in total. The summed E-state index contributed by atoms with van der Waals surface area (Å²) < 4.78 is 1.73. The number of aromatic nitrogens is 2. The smallest absolute Gasteiger partial charge is 0.323 e. The van der Waals surface area contributed by atoms with E-state index >= 15 is 0 Å². The van der Waals surface area contributed by atoms with Crippen LogP contribution in [0.1, 0.15) is 18.3 Å². The molecule has 6 heteroatoms. The highest BCUT2D eigenvalue weighted by Gasteiger charge is 2.15. The van der Waals surface area contributed by atoms with E-state index in [0.717, 1.165) is 23.1 Å². The van der Waals surface area contributed by atoms with Crippen LogP contribution in [-0.2, 0) is 17.9 Å². The molecule has 0 radical (unpaired) electrons. The highest BCUT2D eigenvalue weighted by molar-refractivity contribution is 5.79. The second-order valence-electron chi connectivity index (χ2n) is 5.09. The van der Waals surface area contributed by atoms with Gasteiger partial charge in [0.25, 0.3) is 0 Å². The lowest BCUT2D eigenvalue weighted by Gasteiger charge is -2.19. The number of imidazole rings is 1. The third-order valence-corrected chi connectivity index (χ3v) is 3.50. The molecule has 0 atom stereocenters. The summed E-state index contributed by atoms with van der Waals surface area (Å²) in [5, 5.41) is 18.2. The number of nitrogens with zero attached hydrogens (tertiary/aromatic N) is 3. The quantitative estimate of drug-likeness (QED) is 0.802. The Bertz CT molecular complexity index is 636. The molecule has 2 aromatic rings. The van der Waals surface area contributed by atoms with Crippen molar-refractivity contribution in [1.82, 2.24) is 14.5 Å². The fraction of sp³-hybridized carbons (Fsp3) is 0.467. The fourth-order valence-electron chi connectivity index (χ4n) is 2.41. The van der Waals surface area contributed by atoms with Crippen molar-refractivity contribution < 1.29 is 15.0 Å². The number of aliphatic hydroxyl groups excluding tert-OH is 1. The molecule has 1 aromatic carbocycles. The summed E-state index contributed by atoms with van der Waals surface area (Å²) in [6.45, 7) is 5.81. The number of fused-ring (bicyclic) bond motifs is 1. The van der Waals surface area contributed by atoms with E-state index in [9.17, 15) is 4.79 Å². The van der Waals surface area contributed by atoms with Gasteiger partial charge in [-0.05, 0) is 31.2 Å². The summed E-state index contributed by atoms with van der Waals surface area (Å²) >= 11 is 0. The Balaban J connectivity index is 2.42.